The van der Waals surface area contributed by atoms with Gasteiger partial charge in [0.1, 0.15) is 0 Å². The number of alkyl halides is 3. The zero-order valence-corrected chi connectivity index (χ0v) is 11.7. The number of rotatable bonds is 5. The Kier molecular flexibility index (Phi) is 5.61. The van der Waals surface area contributed by atoms with Gasteiger partial charge in [-0.3, -0.25) is 0 Å². The molecule has 0 amide bonds. The minimum absolute atomic E-state index is 0.321. The van der Waals surface area contributed by atoms with E-state index in [0.29, 0.717) is 18.0 Å². The molecule has 6 heteroatoms. The maximum Gasteiger partial charge on any atom is 0.416 e. The molecule has 1 aromatic carbocycles. The highest BCUT2D eigenvalue weighted by atomic mass is 19.4. The highest BCUT2D eigenvalue weighted by Gasteiger charge is 2.30. The molecular weight excluding hydrogens is 283 g/mol. The second-order valence-corrected chi connectivity index (χ2v) is 5.38. The predicted octanol–water partition coefficient (Wildman–Crippen LogP) is 2.76. The van der Waals surface area contributed by atoms with Crippen LogP contribution in [-0.4, -0.2) is 31.4 Å². The number of hydrogen-bond donors (Lipinski definition) is 2. The maximum atomic E-state index is 12.4. The molecule has 2 unspecified atom stereocenters. The molecule has 1 aliphatic rings. The summed E-state index contributed by atoms with van der Waals surface area (Å²) in [7, 11) is 0. The topological polar surface area (TPSA) is 41.5 Å². The fourth-order valence-corrected chi connectivity index (χ4v) is 2.40. The zero-order chi connectivity index (χ0) is 15.3. The van der Waals surface area contributed by atoms with Gasteiger partial charge < -0.3 is 15.2 Å². The van der Waals surface area contributed by atoms with Gasteiger partial charge in [-0.15, -0.1) is 0 Å². The van der Waals surface area contributed by atoms with Gasteiger partial charge in [0, 0.05) is 19.7 Å². The Bertz CT molecular complexity index is 428. The van der Waals surface area contributed by atoms with E-state index in [9.17, 15) is 18.3 Å². The molecule has 3 nitrogen and oxygen atoms in total. The van der Waals surface area contributed by atoms with Crippen molar-refractivity contribution in [1.82, 2.24) is 5.32 Å². The minimum Gasteiger partial charge on any atom is -0.387 e. The van der Waals surface area contributed by atoms with Gasteiger partial charge in [-0.05, 0) is 36.5 Å². The standard InChI is InChI=1S/C15H20F3NO2/c16-15(17,18)13-5-3-12(4-6-13)14(20)9-19-8-11-2-1-7-21-10-11/h3-6,11,14,19-20H,1-2,7-10H2. The predicted molar refractivity (Wildman–Crippen MR) is 72.8 cm³/mol. The Morgan fingerprint density at radius 3 is 2.57 bits per heavy atom. The lowest BCUT2D eigenvalue weighted by atomic mass is 10.0. The van der Waals surface area contributed by atoms with E-state index in [2.05, 4.69) is 5.32 Å². The van der Waals surface area contributed by atoms with Crippen molar-refractivity contribution in [2.45, 2.75) is 25.1 Å². The van der Waals surface area contributed by atoms with Crippen LogP contribution in [0.2, 0.25) is 0 Å². The van der Waals surface area contributed by atoms with Crippen LogP contribution in [0.25, 0.3) is 0 Å². The van der Waals surface area contributed by atoms with E-state index in [1.807, 2.05) is 0 Å². The SMILES string of the molecule is OC(CNCC1CCCOC1)c1ccc(C(F)(F)F)cc1. The van der Waals surface area contributed by atoms with Gasteiger partial charge in [-0.25, -0.2) is 0 Å². The van der Waals surface area contributed by atoms with E-state index in [1.165, 1.54) is 12.1 Å². The van der Waals surface area contributed by atoms with Crippen molar-refractivity contribution in [2.24, 2.45) is 5.92 Å². The second-order valence-electron chi connectivity index (χ2n) is 5.38. The lowest BCUT2D eigenvalue weighted by Crippen LogP contribution is -2.31. The molecule has 1 heterocycles. The normalized spacial score (nSPS) is 21.2. The smallest absolute Gasteiger partial charge is 0.387 e. The second kappa shape index (κ2) is 7.24. The summed E-state index contributed by atoms with van der Waals surface area (Å²) < 4.78 is 42.7. The number of hydrogen-bond acceptors (Lipinski definition) is 3. The molecule has 0 bridgehead atoms. The fourth-order valence-electron chi connectivity index (χ4n) is 2.40. The number of ether oxygens (including phenoxy) is 1. The van der Waals surface area contributed by atoms with Crippen molar-refractivity contribution in [3.8, 4) is 0 Å². The van der Waals surface area contributed by atoms with Gasteiger partial charge in [-0.2, -0.15) is 13.2 Å². The highest BCUT2D eigenvalue weighted by molar-refractivity contribution is 5.26. The molecule has 2 atom stereocenters. The molecule has 118 valence electrons. The number of aliphatic hydroxyl groups is 1. The zero-order valence-electron chi connectivity index (χ0n) is 11.7. The van der Waals surface area contributed by atoms with E-state index in [0.717, 1.165) is 44.7 Å². The molecule has 2 N–H and O–H groups in total. The van der Waals surface area contributed by atoms with Crippen molar-refractivity contribution in [3.63, 3.8) is 0 Å². The number of halogens is 3. The molecule has 1 aliphatic heterocycles. The van der Waals surface area contributed by atoms with Crippen LogP contribution in [0, 0.1) is 5.92 Å². The Morgan fingerprint density at radius 2 is 2.00 bits per heavy atom. The van der Waals surface area contributed by atoms with E-state index in [4.69, 9.17) is 4.74 Å². The van der Waals surface area contributed by atoms with Crippen molar-refractivity contribution in [3.05, 3.63) is 35.4 Å². The molecule has 0 saturated carbocycles. The van der Waals surface area contributed by atoms with E-state index in [-0.39, 0.29) is 0 Å². The molecule has 1 aromatic rings. The summed E-state index contributed by atoms with van der Waals surface area (Å²) in [6.45, 7) is 2.60. The van der Waals surface area contributed by atoms with Crippen LogP contribution in [-0.2, 0) is 10.9 Å². The monoisotopic (exact) mass is 303 g/mol. The van der Waals surface area contributed by atoms with Gasteiger partial charge in [-0.1, -0.05) is 12.1 Å². The molecule has 0 aliphatic carbocycles. The average molecular weight is 303 g/mol. The van der Waals surface area contributed by atoms with E-state index >= 15 is 0 Å². The van der Waals surface area contributed by atoms with E-state index in [1.54, 1.807) is 0 Å². The molecule has 21 heavy (non-hydrogen) atoms. The van der Waals surface area contributed by atoms with E-state index < -0.39 is 17.8 Å². The Labute approximate surface area is 122 Å². The summed E-state index contributed by atoms with van der Waals surface area (Å²) in [6, 6.07) is 4.62. The Hall–Kier alpha value is -1.11. The Morgan fingerprint density at radius 1 is 1.29 bits per heavy atom. The molecule has 1 fully saturated rings. The first-order valence-electron chi connectivity index (χ1n) is 7.10. The Balaban J connectivity index is 1.78. The van der Waals surface area contributed by atoms with Crippen molar-refractivity contribution < 1.29 is 23.0 Å². The third-order valence-electron chi connectivity index (χ3n) is 3.65. The largest absolute Gasteiger partial charge is 0.416 e. The van der Waals surface area contributed by atoms with Crippen LogP contribution in [0.3, 0.4) is 0 Å². The molecule has 0 aromatic heterocycles. The van der Waals surface area contributed by atoms with Crippen LogP contribution < -0.4 is 5.32 Å². The number of benzene rings is 1. The first kappa shape index (κ1) is 16.3. The van der Waals surface area contributed by atoms with Gasteiger partial charge in [0.25, 0.3) is 0 Å². The quantitative estimate of drug-likeness (QED) is 0.879. The lowest BCUT2D eigenvalue weighted by molar-refractivity contribution is -0.137. The first-order valence-corrected chi connectivity index (χ1v) is 7.10. The van der Waals surface area contributed by atoms with Crippen LogP contribution in [0.15, 0.2) is 24.3 Å². The molecule has 0 spiro atoms. The van der Waals surface area contributed by atoms with Gasteiger partial charge in [0.15, 0.2) is 0 Å². The number of nitrogens with one attached hydrogen (secondary N) is 1. The summed E-state index contributed by atoms with van der Waals surface area (Å²) in [4.78, 5) is 0. The van der Waals surface area contributed by atoms with Crippen LogP contribution in [0.4, 0.5) is 13.2 Å². The first-order chi connectivity index (χ1) is 9.97. The van der Waals surface area contributed by atoms with Crippen molar-refractivity contribution in [1.29, 1.82) is 0 Å². The summed E-state index contributed by atoms with van der Waals surface area (Å²) in [5.74, 6) is 0.443. The summed E-state index contributed by atoms with van der Waals surface area (Å²) in [6.07, 6.45) is -3.00. The lowest BCUT2D eigenvalue weighted by Gasteiger charge is -2.23. The van der Waals surface area contributed by atoms with Gasteiger partial charge >= 0.3 is 6.18 Å². The molecular formula is C15H20F3NO2. The number of aliphatic hydroxyl groups excluding tert-OH is 1. The van der Waals surface area contributed by atoms with Crippen LogP contribution >= 0.6 is 0 Å². The van der Waals surface area contributed by atoms with Crippen LogP contribution in [0.5, 0.6) is 0 Å². The van der Waals surface area contributed by atoms with Crippen molar-refractivity contribution >= 4 is 0 Å². The molecule has 0 radical (unpaired) electrons. The minimum atomic E-state index is -4.34. The summed E-state index contributed by atoms with van der Waals surface area (Å²) in [5, 5.41) is 13.1. The van der Waals surface area contributed by atoms with Crippen molar-refractivity contribution in [2.75, 3.05) is 26.3 Å². The molecule has 1 saturated heterocycles. The van der Waals surface area contributed by atoms with Gasteiger partial charge in [0.05, 0.1) is 18.3 Å². The van der Waals surface area contributed by atoms with Gasteiger partial charge in [0.2, 0.25) is 0 Å². The highest BCUT2D eigenvalue weighted by Crippen LogP contribution is 2.29. The summed E-state index contributed by atoms with van der Waals surface area (Å²) in [5.41, 5.74) is -0.221. The third kappa shape index (κ3) is 4.98. The molecule has 2 rings (SSSR count). The van der Waals surface area contributed by atoms with Crippen LogP contribution in [0.1, 0.15) is 30.1 Å². The summed E-state index contributed by atoms with van der Waals surface area (Å²) >= 11 is 0. The maximum absolute atomic E-state index is 12.4. The fraction of sp³-hybridized carbons (Fsp3) is 0.600. The average Bonchev–Trinajstić information content (AvgIpc) is 2.47. The third-order valence-corrected chi connectivity index (χ3v) is 3.65.